The van der Waals surface area contributed by atoms with Crippen LogP contribution in [0.3, 0.4) is 0 Å². The van der Waals surface area contributed by atoms with Crippen LogP contribution >= 0.6 is 11.6 Å². The summed E-state index contributed by atoms with van der Waals surface area (Å²) in [5.74, 6) is 0.615. The molecule has 90 valence electrons. The Labute approximate surface area is 102 Å². The molecule has 2 heterocycles. The molecule has 1 aliphatic heterocycles. The van der Waals surface area contributed by atoms with Crippen molar-refractivity contribution < 1.29 is 0 Å². The first kappa shape index (κ1) is 11.9. The van der Waals surface area contributed by atoms with Crippen LogP contribution in [-0.2, 0) is 13.5 Å². The fourth-order valence-electron chi connectivity index (χ4n) is 2.29. The van der Waals surface area contributed by atoms with Gasteiger partial charge in [-0.3, -0.25) is 4.68 Å². The van der Waals surface area contributed by atoms with Crippen molar-refractivity contribution in [2.75, 3.05) is 19.6 Å². The molecule has 0 bridgehead atoms. The van der Waals surface area contributed by atoms with Gasteiger partial charge >= 0.3 is 0 Å². The molecule has 4 heteroatoms. The van der Waals surface area contributed by atoms with Crippen molar-refractivity contribution >= 4 is 11.6 Å². The Morgan fingerprint density at radius 1 is 1.56 bits per heavy atom. The zero-order valence-corrected chi connectivity index (χ0v) is 10.8. The number of hydrogen-bond acceptors (Lipinski definition) is 2. The Bertz CT molecular complexity index is 337. The van der Waals surface area contributed by atoms with E-state index in [2.05, 4.69) is 23.1 Å². The Hall–Kier alpha value is -0.540. The molecule has 2 rings (SSSR count). The molecule has 16 heavy (non-hydrogen) atoms. The highest BCUT2D eigenvalue weighted by atomic mass is 35.5. The Morgan fingerprint density at radius 2 is 2.38 bits per heavy atom. The van der Waals surface area contributed by atoms with Gasteiger partial charge in [0.1, 0.15) is 0 Å². The summed E-state index contributed by atoms with van der Waals surface area (Å²) in [6, 6.07) is 0. The molecule has 0 N–H and O–H groups in total. The van der Waals surface area contributed by atoms with E-state index in [0.29, 0.717) is 11.3 Å². The predicted octanol–water partition coefficient (Wildman–Crippen LogP) is 1.91. The topological polar surface area (TPSA) is 21.1 Å². The number of halogens is 1. The molecule has 1 saturated heterocycles. The van der Waals surface area contributed by atoms with Crippen molar-refractivity contribution in [1.82, 2.24) is 14.7 Å². The molecule has 0 spiro atoms. The molecule has 1 aromatic rings. The van der Waals surface area contributed by atoms with Gasteiger partial charge in [-0.2, -0.15) is 5.10 Å². The zero-order chi connectivity index (χ0) is 11.5. The first-order valence-electron chi connectivity index (χ1n) is 5.99. The maximum atomic E-state index is 6.21. The number of alkyl halides is 1. The third-order valence-corrected chi connectivity index (χ3v) is 4.01. The van der Waals surface area contributed by atoms with Crippen molar-refractivity contribution in [3.63, 3.8) is 0 Å². The maximum absolute atomic E-state index is 6.21. The van der Waals surface area contributed by atoms with Crippen LogP contribution in [0, 0.1) is 5.92 Å². The van der Waals surface area contributed by atoms with Gasteiger partial charge in [0.15, 0.2) is 0 Å². The van der Waals surface area contributed by atoms with Gasteiger partial charge in [-0.15, -0.1) is 11.6 Å². The first-order valence-corrected chi connectivity index (χ1v) is 6.43. The van der Waals surface area contributed by atoms with Crippen LogP contribution in [0.5, 0.6) is 0 Å². The summed E-state index contributed by atoms with van der Waals surface area (Å²) < 4.78 is 1.86. The van der Waals surface area contributed by atoms with Gasteiger partial charge in [0, 0.05) is 31.7 Å². The summed E-state index contributed by atoms with van der Waals surface area (Å²) in [4.78, 5) is 2.51. The number of likely N-dealkylation sites (tertiary alicyclic amines) is 1. The Morgan fingerprint density at radius 3 is 3.00 bits per heavy atom. The fraction of sp³-hybridized carbons (Fsp3) is 0.750. The van der Waals surface area contributed by atoms with E-state index < -0.39 is 0 Å². The van der Waals surface area contributed by atoms with E-state index in [1.807, 2.05) is 17.9 Å². The van der Waals surface area contributed by atoms with E-state index in [4.69, 9.17) is 11.6 Å². The van der Waals surface area contributed by atoms with E-state index in [-0.39, 0.29) is 0 Å². The van der Waals surface area contributed by atoms with E-state index in [1.54, 1.807) is 0 Å². The maximum Gasteiger partial charge on any atom is 0.0522 e. The number of aromatic nitrogens is 2. The summed E-state index contributed by atoms with van der Waals surface area (Å²) in [7, 11) is 1.96. The van der Waals surface area contributed by atoms with Crippen molar-refractivity contribution in [1.29, 1.82) is 0 Å². The van der Waals surface area contributed by atoms with Gasteiger partial charge in [-0.1, -0.05) is 6.92 Å². The molecule has 2 atom stereocenters. The van der Waals surface area contributed by atoms with Gasteiger partial charge in [0.2, 0.25) is 0 Å². The molecular weight excluding hydrogens is 222 g/mol. The second kappa shape index (κ2) is 5.19. The van der Waals surface area contributed by atoms with Crippen molar-refractivity contribution in [3.8, 4) is 0 Å². The lowest BCUT2D eigenvalue weighted by atomic mass is 9.99. The molecular formula is C12H20ClN3. The number of rotatable bonds is 3. The molecule has 3 nitrogen and oxygen atoms in total. The minimum atomic E-state index is 0.370. The van der Waals surface area contributed by atoms with E-state index in [1.165, 1.54) is 5.56 Å². The lowest BCUT2D eigenvalue weighted by molar-refractivity contribution is 0.189. The second-order valence-electron chi connectivity index (χ2n) is 4.85. The zero-order valence-electron chi connectivity index (χ0n) is 10.1. The van der Waals surface area contributed by atoms with E-state index in [0.717, 1.165) is 32.5 Å². The minimum absolute atomic E-state index is 0.370. The lowest BCUT2D eigenvalue weighted by Gasteiger charge is -2.33. The highest BCUT2D eigenvalue weighted by Gasteiger charge is 2.23. The Balaban J connectivity index is 1.78. The van der Waals surface area contributed by atoms with Crippen molar-refractivity contribution in [2.24, 2.45) is 13.0 Å². The van der Waals surface area contributed by atoms with Crippen molar-refractivity contribution in [3.05, 3.63) is 18.0 Å². The number of aryl methyl sites for hydroxylation is 1. The van der Waals surface area contributed by atoms with Crippen LogP contribution in [-0.4, -0.2) is 39.7 Å². The van der Waals surface area contributed by atoms with Crippen LogP contribution in [0.1, 0.15) is 18.9 Å². The van der Waals surface area contributed by atoms with Crippen LogP contribution in [0.25, 0.3) is 0 Å². The minimum Gasteiger partial charge on any atom is -0.303 e. The highest BCUT2D eigenvalue weighted by molar-refractivity contribution is 6.20. The molecule has 0 amide bonds. The lowest BCUT2D eigenvalue weighted by Crippen LogP contribution is -2.40. The van der Waals surface area contributed by atoms with E-state index >= 15 is 0 Å². The molecule has 0 aliphatic carbocycles. The van der Waals surface area contributed by atoms with Crippen LogP contribution < -0.4 is 0 Å². The van der Waals surface area contributed by atoms with Gasteiger partial charge in [-0.25, -0.2) is 0 Å². The first-order chi connectivity index (χ1) is 7.65. The van der Waals surface area contributed by atoms with Crippen molar-refractivity contribution in [2.45, 2.75) is 25.1 Å². The average Bonchev–Trinajstić information content (AvgIpc) is 2.66. The summed E-state index contributed by atoms with van der Waals surface area (Å²) in [6.45, 7) is 5.64. The molecule has 0 saturated carbocycles. The largest absolute Gasteiger partial charge is 0.303 e. The van der Waals surface area contributed by atoms with Gasteiger partial charge < -0.3 is 4.90 Å². The number of nitrogens with zero attached hydrogens (tertiary/aromatic N) is 3. The van der Waals surface area contributed by atoms with Crippen LogP contribution in [0.4, 0.5) is 0 Å². The van der Waals surface area contributed by atoms with Crippen LogP contribution in [0.15, 0.2) is 12.4 Å². The number of hydrogen-bond donors (Lipinski definition) is 0. The van der Waals surface area contributed by atoms with E-state index in [9.17, 15) is 0 Å². The molecule has 0 aromatic carbocycles. The predicted molar refractivity (Wildman–Crippen MR) is 66.8 cm³/mol. The molecule has 1 aliphatic rings. The standard InChI is InChI=1S/C12H20ClN3/c1-10-8-16(6-4-12(10)13)5-3-11-7-14-15(2)9-11/h7,9-10,12H,3-6,8H2,1-2H3. The monoisotopic (exact) mass is 241 g/mol. The number of piperidine rings is 1. The van der Waals surface area contributed by atoms with Gasteiger partial charge in [0.25, 0.3) is 0 Å². The second-order valence-corrected chi connectivity index (χ2v) is 5.42. The van der Waals surface area contributed by atoms with Gasteiger partial charge in [0.05, 0.1) is 6.20 Å². The van der Waals surface area contributed by atoms with Gasteiger partial charge in [-0.05, 0) is 30.9 Å². The summed E-state index contributed by atoms with van der Waals surface area (Å²) in [5, 5.41) is 4.55. The van der Waals surface area contributed by atoms with Crippen LogP contribution in [0.2, 0.25) is 0 Å². The third-order valence-electron chi connectivity index (χ3n) is 3.36. The summed E-state index contributed by atoms with van der Waals surface area (Å²) >= 11 is 6.21. The normalized spacial score (nSPS) is 27.2. The smallest absolute Gasteiger partial charge is 0.0522 e. The fourth-order valence-corrected chi connectivity index (χ4v) is 2.47. The molecule has 0 radical (unpaired) electrons. The Kier molecular flexibility index (Phi) is 3.87. The molecule has 2 unspecified atom stereocenters. The molecule has 1 aromatic heterocycles. The molecule has 1 fully saturated rings. The third kappa shape index (κ3) is 2.98. The summed E-state index contributed by atoms with van der Waals surface area (Å²) in [6.07, 6.45) is 6.26. The highest BCUT2D eigenvalue weighted by Crippen LogP contribution is 2.21. The SMILES string of the molecule is CC1CN(CCc2cnn(C)c2)CCC1Cl. The summed E-state index contributed by atoms with van der Waals surface area (Å²) in [5.41, 5.74) is 1.32. The quantitative estimate of drug-likeness (QED) is 0.754. The average molecular weight is 242 g/mol.